The number of amides is 2. The largest absolute Gasteiger partial charge is 0.484 e. The van der Waals surface area contributed by atoms with Gasteiger partial charge in [0, 0.05) is 25.5 Å². The third kappa shape index (κ3) is 7.04. The number of halogens is 3. The third-order valence-corrected chi connectivity index (χ3v) is 3.54. The second-order valence-electron chi connectivity index (χ2n) is 5.72. The molecule has 0 aliphatic carbocycles. The molecule has 0 aliphatic heterocycles. The molecule has 0 spiro atoms. The summed E-state index contributed by atoms with van der Waals surface area (Å²) in [7, 11) is 0. The zero-order valence-corrected chi connectivity index (χ0v) is 14.3. The number of aryl methyl sites for hydroxylation is 1. The van der Waals surface area contributed by atoms with Gasteiger partial charge in [0.2, 0.25) is 0 Å². The summed E-state index contributed by atoms with van der Waals surface area (Å²) in [4.78, 5) is 11.9. The van der Waals surface area contributed by atoms with Gasteiger partial charge in [0.15, 0.2) is 6.61 Å². The average molecular weight is 370 g/mol. The second-order valence-corrected chi connectivity index (χ2v) is 5.72. The summed E-state index contributed by atoms with van der Waals surface area (Å²) >= 11 is 0. The Morgan fingerprint density at radius 3 is 2.65 bits per heavy atom. The number of ether oxygens (including phenoxy) is 1. The van der Waals surface area contributed by atoms with Crippen LogP contribution in [-0.2, 0) is 6.54 Å². The molecule has 2 aromatic rings. The van der Waals surface area contributed by atoms with Crippen LogP contribution in [0.1, 0.15) is 24.9 Å². The maximum absolute atomic E-state index is 12.1. The van der Waals surface area contributed by atoms with Gasteiger partial charge in [-0.25, -0.2) is 4.79 Å². The van der Waals surface area contributed by atoms with Crippen LogP contribution in [0.3, 0.4) is 0 Å². The number of alkyl halides is 3. The Kier molecular flexibility index (Phi) is 6.88. The highest BCUT2D eigenvalue weighted by molar-refractivity contribution is 5.74. The highest BCUT2D eigenvalue weighted by atomic mass is 19.4. The van der Waals surface area contributed by atoms with Gasteiger partial charge in [-0.15, -0.1) is 0 Å². The summed E-state index contributed by atoms with van der Waals surface area (Å²) in [6.07, 6.45) is -0.0801. The zero-order chi connectivity index (χ0) is 19.0. The van der Waals surface area contributed by atoms with Crippen LogP contribution in [-0.4, -0.2) is 35.1 Å². The molecular weight excluding hydrogens is 349 g/mol. The molecule has 1 atom stereocenters. The molecule has 0 saturated carbocycles. The molecule has 0 radical (unpaired) electrons. The number of urea groups is 1. The number of hydrogen-bond acceptors (Lipinski definition) is 3. The lowest BCUT2D eigenvalue weighted by atomic mass is 10.1. The summed E-state index contributed by atoms with van der Waals surface area (Å²) < 4.78 is 42.8. The first kappa shape index (κ1) is 19.6. The molecule has 0 bridgehead atoms. The van der Waals surface area contributed by atoms with E-state index in [0.29, 0.717) is 13.1 Å². The van der Waals surface area contributed by atoms with Crippen molar-refractivity contribution in [1.29, 1.82) is 0 Å². The van der Waals surface area contributed by atoms with E-state index in [1.54, 1.807) is 29.9 Å². The van der Waals surface area contributed by atoms with Crippen LogP contribution < -0.4 is 15.4 Å². The van der Waals surface area contributed by atoms with E-state index in [4.69, 9.17) is 0 Å². The average Bonchev–Trinajstić information content (AvgIpc) is 3.10. The van der Waals surface area contributed by atoms with Gasteiger partial charge >= 0.3 is 12.2 Å². The van der Waals surface area contributed by atoms with Gasteiger partial charge in [-0.1, -0.05) is 12.1 Å². The van der Waals surface area contributed by atoms with Crippen molar-refractivity contribution < 1.29 is 22.7 Å². The topological polar surface area (TPSA) is 68.2 Å². The van der Waals surface area contributed by atoms with Crippen LogP contribution in [0.25, 0.3) is 0 Å². The predicted octanol–water partition coefficient (Wildman–Crippen LogP) is 3.27. The van der Waals surface area contributed by atoms with Crippen molar-refractivity contribution in [1.82, 2.24) is 20.4 Å². The molecule has 2 N–H and O–H groups in total. The van der Waals surface area contributed by atoms with Crippen molar-refractivity contribution in [3.8, 4) is 5.75 Å². The van der Waals surface area contributed by atoms with Crippen molar-refractivity contribution in [2.75, 3.05) is 13.2 Å². The van der Waals surface area contributed by atoms with E-state index in [9.17, 15) is 18.0 Å². The molecule has 0 saturated heterocycles. The summed E-state index contributed by atoms with van der Waals surface area (Å²) in [5.41, 5.74) is 0.760. The third-order valence-electron chi connectivity index (χ3n) is 3.54. The van der Waals surface area contributed by atoms with E-state index in [-0.39, 0.29) is 17.8 Å². The van der Waals surface area contributed by atoms with Gasteiger partial charge in [0.25, 0.3) is 0 Å². The van der Waals surface area contributed by atoms with Crippen molar-refractivity contribution >= 4 is 6.03 Å². The fourth-order valence-corrected chi connectivity index (χ4v) is 2.22. The molecule has 0 aliphatic rings. The van der Waals surface area contributed by atoms with E-state index in [0.717, 1.165) is 12.0 Å². The molecule has 1 unspecified atom stereocenters. The fraction of sp³-hybridized carbons (Fsp3) is 0.412. The van der Waals surface area contributed by atoms with Gasteiger partial charge in [-0.3, -0.25) is 4.68 Å². The molecule has 2 rings (SSSR count). The van der Waals surface area contributed by atoms with Crippen LogP contribution in [0.5, 0.6) is 5.75 Å². The molecule has 1 heterocycles. The Labute approximate surface area is 149 Å². The number of nitrogens with one attached hydrogen (secondary N) is 2. The smallest absolute Gasteiger partial charge is 0.422 e. The first-order valence-corrected chi connectivity index (χ1v) is 8.15. The molecule has 2 amide bonds. The van der Waals surface area contributed by atoms with Gasteiger partial charge in [-0.05, 0) is 37.1 Å². The van der Waals surface area contributed by atoms with Gasteiger partial charge in [0.05, 0.1) is 6.04 Å². The molecule has 142 valence electrons. The minimum atomic E-state index is -4.37. The van der Waals surface area contributed by atoms with Crippen LogP contribution in [0.2, 0.25) is 0 Å². The summed E-state index contributed by atoms with van der Waals surface area (Å²) in [5, 5.41) is 9.60. The summed E-state index contributed by atoms with van der Waals surface area (Å²) in [6.45, 7) is 1.67. The number of nitrogens with zero attached hydrogens (tertiary/aromatic N) is 2. The predicted molar refractivity (Wildman–Crippen MR) is 89.8 cm³/mol. The van der Waals surface area contributed by atoms with Crippen molar-refractivity contribution in [3.63, 3.8) is 0 Å². The van der Waals surface area contributed by atoms with E-state index in [1.165, 1.54) is 12.1 Å². The van der Waals surface area contributed by atoms with Gasteiger partial charge in [-0.2, -0.15) is 18.3 Å². The number of carbonyl (C=O) groups excluding carboxylic acids is 1. The first-order valence-electron chi connectivity index (χ1n) is 8.15. The lowest BCUT2D eigenvalue weighted by Gasteiger charge is -2.16. The monoisotopic (exact) mass is 370 g/mol. The molecule has 1 aromatic heterocycles. The molecule has 0 fully saturated rings. The Bertz CT molecular complexity index is 672. The minimum Gasteiger partial charge on any atom is -0.484 e. The van der Waals surface area contributed by atoms with Gasteiger partial charge in [0.1, 0.15) is 5.75 Å². The van der Waals surface area contributed by atoms with E-state index >= 15 is 0 Å². The Morgan fingerprint density at radius 2 is 2.04 bits per heavy atom. The van der Waals surface area contributed by atoms with Crippen LogP contribution in [0, 0.1) is 0 Å². The number of aromatic nitrogens is 2. The van der Waals surface area contributed by atoms with Crippen LogP contribution >= 0.6 is 0 Å². The zero-order valence-electron chi connectivity index (χ0n) is 14.3. The van der Waals surface area contributed by atoms with Crippen molar-refractivity contribution in [3.05, 3.63) is 48.3 Å². The minimum absolute atomic E-state index is 0.126. The van der Waals surface area contributed by atoms with Crippen molar-refractivity contribution in [2.24, 2.45) is 0 Å². The molecule has 9 heteroatoms. The van der Waals surface area contributed by atoms with Crippen molar-refractivity contribution in [2.45, 2.75) is 32.1 Å². The lowest BCUT2D eigenvalue weighted by molar-refractivity contribution is -0.153. The molecule has 1 aromatic carbocycles. The van der Waals surface area contributed by atoms with E-state index < -0.39 is 12.8 Å². The number of benzene rings is 1. The van der Waals surface area contributed by atoms with Crippen LogP contribution in [0.4, 0.5) is 18.0 Å². The fourth-order valence-electron chi connectivity index (χ4n) is 2.22. The Balaban J connectivity index is 1.70. The highest BCUT2D eigenvalue weighted by Gasteiger charge is 2.28. The van der Waals surface area contributed by atoms with Crippen LogP contribution in [0.15, 0.2) is 42.7 Å². The maximum atomic E-state index is 12.1. The first-order chi connectivity index (χ1) is 12.3. The lowest BCUT2D eigenvalue weighted by Crippen LogP contribution is -2.37. The molecule has 26 heavy (non-hydrogen) atoms. The Hall–Kier alpha value is -2.71. The van der Waals surface area contributed by atoms with Gasteiger partial charge < -0.3 is 15.4 Å². The SMILES string of the molecule is CC(NC(=O)NCCCn1cccn1)c1ccc(OCC(F)(F)F)cc1. The highest BCUT2D eigenvalue weighted by Crippen LogP contribution is 2.20. The maximum Gasteiger partial charge on any atom is 0.422 e. The Morgan fingerprint density at radius 1 is 1.31 bits per heavy atom. The summed E-state index contributed by atoms with van der Waals surface area (Å²) in [5.74, 6) is 0.126. The van der Waals surface area contributed by atoms with E-state index in [2.05, 4.69) is 20.5 Å². The number of rotatable bonds is 8. The van der Waals surface area contributed by atoms with E-state index in [1.807, 2.05) is 12.3 Å². The number of hydrogen-bond donors (Lipinski definition) is 2. The quantitative estimate of drug-likeness (QED) is 0.701. The normalized spacial score (nSPS) is 12.5. The standard InChI is InChI=1S/C17H21F3N4O2/c1-13(14-4-6-15(7-5-14)26-12-17(18,19)20)23-16(25)21-8-2-10-24-11-3-9-22-24/h3-7,9,11,13H,2,8,10,12H2,1H3,(H2,21,23,25). The molecule has 6 nitrogen and oxygen atoms in total. The second kappa shape index (κ2) is 9.12. The number of carbonyl (C=O) groups is 1. The molecular formula is C17H21F3N4O2. The summed E-state index contributed by atoms with van der Waals surface area (Å²) in [6, 6.07) is 7.36.